The molecule has 1 fully saturated rings. The van der Waals surface area contributed by atoms with Crippen molar-refractivity contribution in [2.75, 3.05) is 19.7 Å². The Morgan fingerprint density at radius 3 is 2.86 bits per heavy atom. The first-order chi connectivity index (χ1) is 14.2. The van der Waals surface area contributed by atoms with Crippen LogP contribution in [0.25, 0.3) is 11.5 Å². The van der Waals surface area contributed by atoms with Crippen molar-refractivity contribution in [3.8, 4) is 17.2 Å². The number of aromatic nitrogens is 1. The minimum atomic E-state index is 0.105. The van der Waals surface area contributed by atoms with Crippen LogP contribution in [0, 0.1) is 18.8 Å². The number of ether oxygens (including phenoxy) is 1. The molecule has 1 saturated heterocycles. The van der Waals surface area contributed by atoms with Crippen LogP contribution in [0.2, 0.25) is 0 Å². The molecule has 5 heteroatoms. The Bertz CT molecular complexity index is 952. The molecule has 0 aliphatic carbocycles. The van der Waals surface area contributed by atoms with E-state index >= 15 is 0 Å². The van der Waals surface area contributed by atoms with Gasteiger partial charge in [-0.15, -0.1) is 0 Å². The molecule has 1 aromatic heterocycles. The molecule has 3 aromatic rings. The molecule has 1 aliphatic heterocycles. The molecule has 0 spiro atoms. The van der Waals surface area contributed by atoms with Crippen molar-refractivity contribution in [1.29, 1.82) is 0 Å². The van der Waals surface area contributed by atoms with Gasteiger partial charge in [-0.3, -0.25) is 0 Å². The number of carbonyl (C=O) groups excluding carboxylic acids is 1. The molecule has 29 heavy (non-hydrogen) atoms. The number of nitrogens with zero attached hydrogens (tertiary/aromatic N) is 1. The Morgan fingerprint density at radius 2 is 2.03 bits per heavy atom. The molecular weight excluding hydrogens is 364 g/mol. The van der Waals surface area contributed by atoms with Gasteiger partial charge in [0.25, 0.3) is 0 Å². The normalized spacial score (nSPS) is 18.7. The lowest BCUT2D eigenvalue weighted by Crippen LogP contribution is -2.16. The standard InChI is InChI=1S/C24H26N2O3/c1-17-23(26-24(29-17)19-7-3-2-4-8-19)10-11-28-22-9-5-6-18(13-22)12-20-14-25-15-21(20)16-27/h2-9,13,16,20-21,25H,10-12,14-15H2,1H3/t20-,21-/m1/s1. The van der Waals surface area contributed by atoms with E-state index in [9.17, 15) is 4.79 Å². The van der Waals surface area contributed by atoms with Crippen LogP contribution in [0.3, 0.4) is 0 Å². The highest BCUT2D eigenvalue weighted by atomic mass is 16.5. The first kappa shape index (κ1) is 19.4. The fourth-order valence-corrected chi connectivity index (χ4v) is 3.83. The Kier molecular flexibility index (Phi) is 6.06. The molecule has 0 saturated carbocycles. The van der Waals surface area contributed by atoms with Gasteiger partial charge in [-0.1, -0.05) is 30.3 Å². The first-order valence-electron chi connectivity index (χ1n) is 10.1. The van der Waals surface area contributed by atoms with Crippen LogP contribution in [0.15, 0.2) is 59.0 Å². The van der Waals surface area contributed by atoms with Gasteiger partial charge in [0, 0.05) is 24.4 Å². The highest BCUT2D eigenvalue weighted by molar-refractivity contribution is 5.55. The molecular formula is C24H26N2O3. The van der Waals surface area contributed by atoms with Gasteiger partial charge < -0.3 is 19.3 Å². The summed E-state index contributed by atoms with van der Waals surface area (Å²) in [6.45, 7) is 4.15. The topological polar surface area (TPSA) is 64.4 Å². The van der Waals surface area contributed by atoms with Crippen LogP contribution in [0.1, 0.15) is 17.0 Å². The van der Waals surface area contributed by atoms with E-state index in [1.165, 1.54) is 5.56 Å². The van der Waals surface area contributed by atoms with E-state index in [1.807, 2.05) is 49.4 Å². The van der Waals surface area contributed by atoms with Gasteiger partial charge in [0.15, 0.2) is 0 Å². The Labute approximate surface area is 171 Å². The van der Waals surface area contributed by atoms with E-state index in [0.29, 0.717) is 24.8 Å². The summed E-state index contributed by atoms with van der Waals surface area (Å²) in [5.74, 6) is 2.79. The third-order valence-corrected chi connectivity index (χ3v) is 5.48. The van der Waals surface area contributed by atoms with Crippen LogP contribution in [-0.4, -0.2) is 31.0 Å². The van der Waals surface area contributed by atoms with Crippen LogP contribution >= 0.6 is 0 Å². The predicted octanol–water partition coefficient (Wildman–Crippen LogP) is 3.85. The van der Waals surface area contributed by atoms with E-state index in [0.717, 1.165) is 48.6 Å². The number of aldehydes is 1. The van der Waals surface area contributed by atoms with Gasteiger partial charge in [0.1, 0.15) is 17.8 Å². The van der Waals surface area contributed by atoms with Gasteiger partial charge in [-0.25, -0.2) is 4.98 Å². The second-order valence-electron chi connectivity index (χ2n) is 7.56. The molecule has 2 atom stereocenters. The van der Waals surface area contributed by atoms with E-state index in [4.69, 9.17) is 9.15 Å². The first-order valence-corrected chi connectivity index (χ1v) is 10.1. The van der Waals surface area contributed by atoms with E-state index in [-0.39, 0.29) is 5.92 Å². The van der Waals surface area contributed by atoms with Crippen molar-refractivity contribution in [1.82, 2.24) is 10.3 Å². The minimum absolute atomic E-state index is 0.105. The number of hydrogen-bond donors (Lipinski definition) is 1. The molecule has 0 amide bonds. The van der Waals surface area contributed by atoms with Crippen molar-refractivity contribution in [3.63, 3.8) is 0 Å². The molecule has 1 aliphatic rings. The summed E-state index contributed by atoms with van der Waals surface area (Å²) in [5.41, 5.74) is 3.10. The second kappa shape index (κ2) is 9.05. The van der Waals surface area contributed by atoms with Gasteiger partial charge >= 0.3 is 0 Å². The maximum Gasteiger partial charge on any atom is 0.226 e. The average molecular weight is 390 g/mol. The summed E-state index contributed by atoms with van der Waals surface area (Å²) in [6.07, 6.45) is 2.65. The maximum absolute atomic E-state index is 11.2. The zero-order valence-corrected chi connectivity index (χ0v) is 16.6. The molecule has 150 valence electrons. The molecule has 4 rings (SSSR count). The number of carbonyl (C=O) groups is 1. The number of oxazole rings is 1. The van der Waals surface area contributed by atoms with Crippen molar-refractivity contribution in [3.05, 3.63) is 71.6 Å². The Morgan fingerprint density at radius 1 is 1.17 bits per heavy atom. The highest BCUT2D eigenvalue weighted by Gasteiger charge is 2.26. The second-order valence-corrected chi connectivity index (χ2v) is 7.56. The van der Waals surface area contributed by atoms with Crippen LogP contribution in [-0.2, 0) is 17.6 Å². The number of rotatable bonds is 8. The van der Waals surface area contributed by atoms with E-state index in [2.05, 4.69) is 22.4 Å². The largest absolute Gasteiger partial charge is 0.493 e. The minimum Gasteiger partial charge on any atom is -0.493 e. The van der Waals surface area contributed by atoms with Gasteiger partial charge in [-0.2, -0.15) is 0 Å². The zero-order chi connectivity index (χ0) is 20.1. The quantitative estimate of drug-likeness (QED) is 0.592. The van der Waals surface area contributed by atoms with Crippen molar-refractivity contribution in [2.24, 2.45) is 11.8 Å². The molecule has 2 aromatic carbocycles. The summed E-state index contributed by atoms with van der Waals surface area (Å²) in [7, 11) is 0. The zero-order valence-electron chi connectivity index (χ0n) is 16.6. The predicted molar refractivity (Wildman–Crippen MR) is 112 cm³/mol. The van der Waals surface area contributed by atoms with E-state index < -0.39 is 0 Å². The molecule has 0 radical (unpaired) electrons. The van der Waals surface area contributed by atoms with Crippen molar-refractivity contribution in [2.45, 2.75) is 19.8 Å². The number of benzene rings is 2. The fraction of sp³-hybridized carbons (Fsp3) is 0.333. The summed E-state index contributed by atoms with van der Waals surface area (Å²) < 4.78 is 11.8. The Hall–Kier alpha value is -2.92. The average Bonchev–Trinajstić information content (AvgIpc) is 3.35. The van der Waals surface area contributed by atoms with Crippen LogP contribution < -0.4 is 10.1 Å². The molecule has 2 heterocycles. The third kappa shape index (κ3) is 4.74. The summed E-state index contributed by atoms with van der Waals surface area (Å²) in [4.78, 5) is 15.8. The summed E-state index contributed by atoms with van der Waals surface area (Å²) in [6, 6.07) is 18.1. The lowest BCUT2D eigenvalue weighted by Gasteiger charge is -2.14. The van der Waals surface area contributed by atoms with E-state index in [1.54, 1.807) is 0 Å². The smallest absolute Gasteiger partial charge is 0.226 e. The monoisotopic (exact) mass is 390 g/mol. The lowest BCUT2D eigenvalue weighted by atomic mass is 9.91. The number of hydrogen-bond acceptors (Lipinski definition) is 5. The summed E-state index contributed by atoms with van der Waals surface area (Å²) in [5, 5.41) is 3.30. The summed E-state index contributed by atoms with van der Waals surface area (Å²) >= 11 is 0. The Balaban J connectivity index is 1.34. The fourth-order valence-electron chi connectivity index (χ4n) is 3.83. The van der Waals surface area contributed by atoms with Crippen LogP contribution in [0.5, 0.6) is 5.75 Å². The lowest BCUT2D eigenvalue weighted by molar-refractivity contribution is -0.111. The molecule has 5 nitrogen and oxygen atoms in total. The highest BCUT2D eigenvalue weighted by Crippen LogP contribution is 2.24. The van der Waals surface area contributed by atoms with Gasteiger partial charge in [0.05, 0.1) is 12.3 Å². The molecule has 0 unspecified atom stereocenters. The van der Waals surface area contributed by atoms with Gasteiger partial charge in [-0.05, 0) is 55.6 Å². The SMILES string of the molecule is Cc1oc(-c2ccccc2)nc1CCOc1cccc(C[C@@H]2CNC[C@@H]2C=O)c1. The third-order valence-electron chi connectivity index (χ3n) is 5.48. The number of aryl methyl sites for hydroxylation is 1. The molecule has 1 N–H and O–H groups in total. The van der Waals surface area contributed by atoms with Crippen molar-refractivity contribution >= 4 is 6.29 Å². The number of nitrogens with one attached hydrogen (secondary N) is 1. The van der Waals surface area contributed by atoms with Crippen LogP contribution in [0.4, 0.5) is 0 Å². The van der Waals surface area contributed by atoms with Crippen molar-refractivity contribution < 1.29 is 13.9 Å². The maximum atomic E-state index is 11.2. The molecule has 0 bridgehead atoms. The van der Waals surface area contributed by atoms with Gasteiger partial charge in [0.2, 0.25) is 5.89 Å².